The molecule has 0 saturated carbocycles. The van der Waals surface area contributed by atoms with Crippen molar-refractivity contribution < 1.29 is 57.6 Å². The first-order valence-electron chi connectivity index (χ1n) is 15.2. The molecule has 3 unspecified atom stereocenters. The molecule has 1 aromatic rings. The molecule has 0 heterocycles. The summed E-state index contributed by atoms with van der Waals surface area (Å²) >= 11 is 0. The lowest BCUT2D eigenvalue weighted by Crippen LogP contribution is -2.55. The third-order valence-electron chi connectivity index (χ3n) is 7.39. The highest BCUT2D eigenvalue weighted by Gasteiger charge is 2.49. The number of ketones is 1. The summed E-state index contributed by atoms with van der Waals surface area (Å²) in [6.45, 7) is 2.13. The molecule has 0 aliphatic carbocycles. The Kier molecular flexibility index (Phi) is 17.1. The third kappa shape index (κ3) is 14.7. The van der Waals surface area contributed by atoms with E-state index >= 15 is 0 Å². The fraction of sp³-hybridized carbons (Fsp3) is 0.594. The molecule has 5 N–H and O–H groups in total. The highest BCUT2D eigenvalue weighted by Crippen LogP contribution is 2.29. The van der Waals surface area contributed by atoms with Crippen molar-refractivity contribution in [2.24, 2.45) is 5.92 Å². The number of benzene rings is 1. The Labute approximate surface area is 260 Å². The molecule has 13 heteroatoms. The van der Waals surface area contributed by atoms with E-state index in [9.17, 15) is 57.6 Å². The maximum absolute atomic E-state index is 13.1. The lowest BCUT2D eigenvalue weighted by molar-refractivity contribution is -0.172. The van der Waals surface area contributed by atoms with Gasteiger partial charge in [-0.25, -0.2) is 9.59 Å². The number of amides is 1. The van der Waals surface area contributed by atoms with Gasteiger partial charge < -0.3 is 25.7 Å². The van der Waals surface area contributed by atoms with Crippen molar-refractivity contribution in [2.45, 2.75) is 115 Å². The molecule has 0 aliphatic heterocycles. The van der Waals surface area contributed by atoms with Gasteiger partial charge in [-0.15, -0.1) is 0 Å². The van der Waals surface area contributed by atoms with Gasteiger partial charge in [0, 0.05) is 19.3 Å². The molecule has 0 spiro atoms. The van der Waals surface area contributed by atoms with Crippen LogP contribution in [-0.4, -0.2) is 61.7 Å². The van der Waals surface area contributed by atoms with E-state index in [2.05, 4.69) is 12.2 Å². The molecule has 1 rings (SSSR count). The van der Waals surface area contributed by atoms with Gasteiger partial charge in [0.05, 0.1) is 17.9 Å². The van der Waals surface area contributed by atoms with E-state index in [1.54, 1.807) is 0 Å². The van der Waals surface area contributed by atoms with E-state index in [0.29, 0.717) is 25.7 Å². The summed E-state index contributed by atoms with van der Waals surface area (Å²) in [6.07, 6.45) is 5.52. The van der Waals surface area contributed by atoms with Gasteiger partial charge in [0.2, 0.25) is 5.91 Å². The summed E-state index contributed by atoms with van der Waals surface area (Å²) in [6, 6.07) is 1.82. The summed E-state index contributed by atoms with van der Waals surface area (Å²) in [7, 11) is 0. The zero-order chi connectivity index (χ0) is 34.0. The number of nitrogens with one attached hydrogen (secondary N) is 1. The molecular formula is C32H44F3NO9. The Hall–Kier alpha value is -3.74. The maximum Gasteiger partial charge on any atom is 0.416 e. The van der Waals surface area contributed by atoms with E-state index in [1.165, 1.54) is 6.08 Å². The summed E-state index contributed by atoms with van der Waals surface area (Å²) in [5.74, 6) is -8.39. The molecule has 1 aromatic carbocycles. The minimum absolute atomic E-state index is 0.121. The lowest BCUT2D eigenvalue weighted by atomic mass is 9.82. The van der Waals surface area contributed by atoms with Crippen LogP contribution in [0.25, 0.3) is 0 Å². The van der Waals surface area contributed by atoms with Gasteiger partial charge in [-0.3, -0.25) is 14.4 Å². The number of carboxylic acids is 3. The van der Waals surface area contributed by atoms with Gasteiger partial charge in [-0.1, -0.05) is 69.7 Å². The number of rotatable bonds is 23. The van der Waals surface area contributed by atoms with Crippen LogP contribution in [0.5, 0.6) is 0 Å². The first-order chi connectivity index (χ1) is 21.1. The Morgan fingerprint density at radius 1 is 0.844 bits per heavy atom. The van der Waals surface area contributed by atoms with Crippen LogP contribution in [0.1, 0.15) is 102 Å². The molecule has 0 fully saturated rings. The van der Waals surface area contributed by atoms with Crippen LogP contribution in [-0.2, 0) is 36.6 Å². The quantitative estimate of drug-likeness (QED) is 0.0755. The normalized spacial score (nSPS) is 14.4. The van der Waals surface area contributed by atoms with Crippen LogP contribution < -0.4 is 5.32 Å². The minimum Gasteiger partial charge on any atom is -0.481 e. The molecule has 0 aliphatic rings. The number of carboxylic acid groups (broad SMARTS) is 3. The first kappa shape index (κ1) is 39.3. The number of Topliss-reactive ketones (excluding diaryl/α,β-unsaturated/α-hetero) is 1. The molecule has 0 bridgehead atoms. The van der Waals surface area contributed by atoms with Crippen LogP contribution >= 0.6 is 0 Å². The standard InChI is InChI=1S/C32H44F3NO9/c1-2-3-4-7-10-13-24(37)14-11-8-5-6-9-12-15-25(31(45,30(43)44)21-27(38)39)28(40)36-26(29(41)42)20-22-16-18-23(19-17-22)32(33,34)35/h12,15-19,25-26,45H,2-11,13-14,20-21H2,1H3,(H,36,40)(H,38,39)(H,41,42)(H,43,44)/b15-12+. The van der Waals surface area contributed by atoms with E-state index in [4.69, 9.17) is 0 Å². The SMILES string of the molecule is CCCCCCCC(=O)CCCCCC/C=C/C(C(=O)NC(Cc1ccc(C(F)(F)F)cc1)C(=O)O)C(O)(CC(=O)O)C(=O)O. The number of hydrogen-bond acceptors (Lipinski definition) is 6. The van der Waals surface area contributed by atoms with Crippen LogP contribution in [0.15, 0.2) is 36.4 Å². The molecule has 10 nitrogen and oxygen atoms in total. The summed E-state index contributed by atoms with van der Waals surface area (Å²) < 4.78 is 38.6. The molecule has 3 atom stereocenters. The van der Waals surface area contributed by atoms with E-state index in [0.717, 1.165) is 81.7 Å². The third-order valence-corrected chi connectivity index (χ3v) is 7.39. The zero-order valence-electron chi connectivity index (χ0n) is 25.5. The Bertz CT molecular complexity index is 1150. The largest absolute Gasteiger partial charge is 0.481 e. The van der Waals surface area contributed by atoms with Crippen molar-refractivity contribution in [1.82, 2.24) is 5.32 Å². The smallest absolute Gasteiger partial charge is 0.416 e. The second-order valence-electron chi connectivity index (χ2n) is 11.2. The maximum atomic E-state index is 13.1. The molecular weight excluding hydrogens is 599 g/mol. The first-order valence-corrected chi connectivity index (χ1v) is 15.2. The van der Waals surface area contributed by atoms with Crippen molar-refractivity contribution in [3.8, 4) is 0 Å². The highest BCUT2D eigenvalue weighted by molar-refractivity contribution is 5.94. The van der Waals surface area contributed by atoms with E-state index in [1.807, 2.05) is 0 Å². The molecule has 0 saturated heterocycles. The summed E-state index contributed by atoms with van der Waals surface area (Å²) in [5.41, 5.74) is -3.97. The van der Waals surface area contributed by atoms with E-state index in [-0.39, 0.29) is 11.3 Å². The van der Waals surface area contributed by atoms with Crippen LogP contribution in [0.4, 0.5) is 13.2 Å². The number of carbonyl (C=O) groups is 5. The number of allylic oxidation sites excluding steroid dienone is 1. The molecule has 252 valence electrons. The predicted octanol–water partition coefficient (Wildman–Crippen LogP) is 5.55. The van der Waals surface area contributed by atoms with Gasteiger partial charge in [0.1, 0.15) is 11.8 Å². The summed E-state index contributed by atoms with van der Waals surface area (Å²) in [4.78, 5) is 60.3. The monoisotopic (exact) mass is 643 g/mol. The Morgan fingerprint density at radius 2 is 1.40 bits per heavy atom. The molecule has 45 heavy (non-hydrogen) atoms. The number of carbonyl (C=O) groups excluding carboxylic acids is 2. The fourth-order valence-corrected chi connectivity index (χ4v) is 4.76. The van der Waals surface area contributed by atoms with Crippen LogP contribution in [0.2, 0.25) is 0 Å². The summed E-state index contributed by atoms with van der Waals surface area (Å²) in [5, 5.41) is 41.4. The van der Waals surface area contributed by atoms with Crippen molar-refractivity contribution in [3.05, 3.63) is 47.5 Å². The van der Waals surface area contributed by atoms with Gasteiger partial charge >= 0.3 is 24.1 Å². The van der Waals surface area contributed by atoms with Crippen LogP contribution in [0, 0.1) is 5.92 Å². The minimum atomic E-state index is -4.61. The number of hydrogen-bond donors (Lipinski definition) is 5. The molecule has 0 radical (unpaired) electrons. The number of halogens is 3. The van der Waals surface area contributed by atoms with Gasteiger partial charge in [-0.2, -0.15) is 13.2 Å². The fourth-order valence-electron chi connectivity index (χ4n) is 4.76. The Balaban J connectivity index is 2.85. The lowest BCUT2D eigenvalue weighted by Gasteiger charge is -2.29. The number of alkyl halides is 3. The average Bonchev–Trinajstić information content (AvgIpc) is 2.95. The molecule has 1 amide bonds. The average molecular weight is 644 g/mol. The number of aliphatic carboxylic acids is 3. The number of aliphatic hydroxyl groups is 1. The van der Waals surface area contributed by atoms with E-state index < -0.39 is 66.0 Å². The van der Waals surface area contributed by atoms with Crippen LogP contribution in [0.3, 0.4) is 0 Å². The highest BCUT2D eigenvalue weighted by atomic mass is 19.4. The zero-order valence-corrected chi connectivity index (χ0v) is 25.5. The second kappa shape index (κ2) is 19.6. The van der Waals surface area contributed by atoms with Crippen molar-refractivity contribution in [2.75, 3.05) is 0 Å². The van der Waals surface area contributed by atoms with Crippen molar-refractivity contribution in [3.63, 3.8) is 0 Å². The van der Waals surface area contributed by atoms with Gasteiger partial charge in [0.15, 0.2) is 5.60 Å². The number of unbranched alkanes of at least 4 members (excludes halogenated alkanes) is 8. The van der Waals surface area contributed by atoms with Crippen molar-refractivity contribution >= 4 is 29.6 Å². The van der Waals surface area contributed by atoms with Gasteiger partial charge in [-0.05, 0) is 43.4 Å². The second-order valence-corrected chi connectivity index (χ2v) is 11.2. The topological polar surface area (TPSA) is 178 Å². The predicted molar refractivity (Wildman–Crippen MR) is 158 cm³/mol. The van der Waals surface area contributed by atoms with Gasteiger partial charge in [0.25, 0.3) is 0 Å². The molecule has 0 aromatic heterocycles. The van der Waals surface area contributed by atoms with Crippen molar-refractivity contribution in [1.29, 1.82) is 0 Å². The Morgan fingerprint density at radius 3 is 1.89 bits per heavy atom.